The summed E-state index contributed by atoms with van der Waals surface area (Å²) in [6, 6.07) is 11.9. The number of aromatic nitrogens is 4. The fourth-order valence-electron chi connectivity index (χ4n) is 7.09. The van der Waals surface area contributed by atoms with Crippen LogP contribution in [0, 0.1) is 5.92 Å². The summed E-state index contributed by atoms with van der Waals surface area (Å²) in [5, 5.41) is 7.93. The zero-order chi connectivity index (χ0) is 35.6. The maximum Gasteiger partial charge on any atom is 0.326 e. The van der Waals surface area contributed by atoms with E-state index in [2.05, 4.69) is 34.1 Å². The van der Waals surface area contributed by atoms with Crippen LogP contribution < -0.4 is 11.0 Å². The number of nitrogens with zero attached hydrogens (tertiary/aromatic N) is 6. The second-order valence-corrected chi connectivity index (χ2v) is 18.4. The molecule has 0 bridgehead atoms. The smallest absolute Gasteiger partial charge is 0.326 e. The highest BCUT2D eigenvalue weighted by Gasteiger charge is 2.32. The second kappa shape index (κ2) is 15.2. The van der Waals surface area contributed by atoms with E-state index in [1.165, 1.54) is 0 Å². The summed E-state index contributed by atoms with van der Waals surface area (Å²) in [5.74, 6) is 0.990. The Hall–Kier alpha value is -3.82. The lowest BCUT2D eigenvalue weighted by molar-refractivity contribution is -0.135. The average Bonchev–Trinajstić information content (AvgIpc) is 3.67. The summed E-state index contributed by atoms with van der Waals surface area (Å²) in [7, 11) is -3.62. The van der Waals surface area contributed by atoms with Crippen LogP contribution in [-0.4, -0.2) is 130 Å². The van der Waals surface area contributed by atoms with E-state index in [1.807, 2.05) is 53.8 Å². The first-order valence-electron chi connectivity index (χ1n) is 17.4. The first kappa shape index (κ1) is 36.0. The molecule has 4 aromatic rings. The number of urea groups is 1. The predicted octanol–water partition coefficient (Wildman–Crippen LogP) is 2.49. The Kier molecular flexibility index (Phi) is 10.9. The van der Waals surface area contributed by atoms with Crippen LogP contribution in [0.4, 0.5) is 4.79 Å². The van der Waals surface area contributed by atoms with E-state index in [0.29, 0.717) is 61.6 Å². The van der Waals surface area contributed by atoms with E-state index < -0.39 is 16.1 Å². The number of hydrogen-bond acceptors (Lipinski definition) is 7. The van der Waals surface area contributed by atoms with Crippen molar-refractivity contribution in [3.8, 4) is 0 Å². The van der Waals surface area contributed by atoms with E-state index in [-0.39, 0.29) is 46.7 Å². The molecule has 2 aliphatic rings. The zero-order valence-electron chi connectivity index (χ0n) is 29.4. The van der Waals surface area contributed by atoms with Crippen molar-refractivity contribution < 1.29 is 18.0 Å². The number of para-hydroxylation sites is 2. The number of carbonyl (C=O) groups is 2. The Morgan fingerprint density at radius 1 is 0.980 bits per heavy atom. The molecular weight excluding hydrogens is 677 g/mol. The van der Waals surface area contributed by atoms with Crippen LogP contribution in [-0.2, 0) is 32.1 Å². The normalized spacial score (nSPS) is 17.3. The lowest BCUT2D eigenvalue weighted by Gasteiger charge is -2.38. The van der Waals surface area contributed by atoms with Crippen LogP contribution >= 0.6 is 0 Å². The van der Waals surface area contributed by atoms with E-state index in [9.17, 15) is 22.8 Å². The molecule has 2 aromatic heterocycles. The van der Waals surface area contributed by atoms with Crippen molar-refractivity contribution in [3.63, 3.8) is 0 Å². The van der Waals surface area contributed by atoms with Crippen LogP contribution in [0.2, 0.25) is 0 Å². The van der Waals surface area contributed by atoms with Gasteiger partial charge in [0.2, 0.25) is 5.91 Å². The topological polar surface area (TPSA) is 146 Å². The maximum absolute atomic E-state index is 14.1. The molecule has 0 saturated carbocycles. The Morgan fingerprint density at radius 3 is 2.40 bits per heavy atom. The number of carbonyl (C=O) groups excluding carboxylic acids is 2. The summed E-state index contributed by atoms with van der Waals surface area (Å²) in [4.78, 5) is 49.5. The monoisotopic (exact) mass is 725 g/mol. The highest BCUT2D eigenvalue weighted by molar-refractivity contribution is 7.97. The molecule has 2 fully saturated rings. The van der Waals surface area contributed by atoms with Gasteiger partial charge in [-0.1, -0.05) is 32.0 Å². The molecule has 0 spiro atoms. The van der Waals surface area contributed by atoms with Gasteiger partial charge in [-0.3, -0.25) is 14.3 Å². The molecule has 270 valence electrons. The summed E-state index contributed by atoms with van der Waals surface area (Å²) in [6.07, 6.45) is 7.06. The van der Waals surface area contributed by atoms with Crippen molar-refractivity contribution in [2.75, 3.05) is 69.8 Å². The number of fused-ring (bicyclic) bond motifs is 2. The second-order valence-electron chi connectivity index (χ2n) is 14.1. The maximum atomic E-state index is 14.1. The third-order valence-electron chi connectivity index (χ3n) is 9.70. The van der Waals surface area contributed by atoms with E-state index in [1.54, 1.807) is 21.7 Å². The molecule has 6 rings (SSSR count). The van der Waals surface area contributed by atoms with Gasteiger partial charge < -0.3 is 20.1 Å². The van der Waals surface area contributed by atoms with Gasteiger partial charge in [0, 0.05) is 63.7 Å². The van der Waals surface area contributed by atoms with Gasteiger partial charge in [-0.05, 0) is 59.5 Å². The minimum Gasteiger partial charge on any atom is -0.338 e. The number of amides is 3. The number of rotatable bonds is 11. The van der Waals surface area contributed by atoms with Gasteiger partial charge in [0.1, 0.15) is 17.5 Å². The molecule has 2 aromatic carbocycles. The van der Waals surface area contributed by atoms with Gasteiger partial charge in [-0.15, -0.1) is 0 Å². The number of piperidine rings is 1. The quantitative estimate of drug-likeness (QED) is 0.226. The summed E-state index contributed by atoms with van der Waals surface area (Å²) >= 11 is 0. The van der Waals surface area contributed by atoms with E-state index >= 15 is 0 Å². The molecule has 1 atom stereocenters. The number of benzene rings is 2. The third-order valence-corrected chi connectivity index (χ3v) is 12.5. The van der Waals surface area contributed by atoms with Crippen LogP contribution in [0.3, 0.4) is 0 Å². The van der Waals surface area contributed by atoms with Crippen molar-refractivity contribution in [3.05, 3.63) is 64.7 Å². The Morgan fingerprint density at radius 2 is 1.70 bits per heavy atom. The Bertz CT molecular complexity index is 1990. The van der Waals surface area contributed by atoms with Gasteiger partial charge in [0.05, 0.1) is 35.3 Å². The van der Waals surface area contributed by atoms with E-state index in [4.69, 9.17) is 0 Å². The fraction of sp³-hybridized carbons (Fsp3) is 0.543. The van der Waals surface area contributed by atoms with Crippen molar-refractivity contribution in [2.45, 2.75) is 45.2 Å². The summed E-state index contributed by atoms with van der Waals surface area (Å²) in [5.41, 5.74) is 2.79. The Balaban J connectivity index is 1.17. The van der Waals surface area contributed by atoms with Gasteiger partial charge in [0.25, 0.3) is 10.0 Å². The van der Waals surface area contributed by atoms with Gasteiger partial charge in [-0.25, -0.2) is 18.0 Å². The number of nitrogens with one attached hydrogen (secondary N) is 2. The van der Waals surface area contributed by atoms with Gasteiger partial charge >= 0.3 is 11.7 Å². The molecular formula is C35H49N8O5S2+. The largest absolute Gasteiger partial charge is 0.338 e. The van der Waals surface area contributed by atoms with Crippen LogP contribution in [0.1, 0.15) is 38.3 Å². The molecule has 2 N–H and O–H groups in total. The molecule has 13 nitrogen and oxygen atoms in total. The number of imidazole rings is 1. The number of aromatic amines is 1. The van der Waals surface area contributed by atoms with Gasteiger partial charge in [-0.2, -0.15) is 9.19 Å². The van der Waals surface area contributed by atoms with Crippen molar-refractivity contribution in [1.82, 2.24) is 38.8 Å². The highest BCUT2D eigenvalue weighted by Crippen LogP contribution is 2.25. The molecule has 4 heterocycles. The molecule has 0 radical (unpaired) electrons. The van der Waals surface area contributed by atoms with Crippen molar-refractivity contribution >= 4 is 54.8 Å². The minimum absolute atomic E-state index is 0.0137. The number of piperazine rings is 1. The number of hydrogen-bond donors (Lipinski definition) is 2. The summed E-state index contributed by atoms with van der Waals surface area (Å²) in [6.45, 7) is 8.99. The minimum atomic E-state index is -3.61. The number of H-pyrrole nitrogens is 1. The molecule has 0 aliphatic carbocycles. The number of likely N-dealkylation sites (tertiary alicyclic amines) is 1. The van der Waals surface area contributed by atoms with E-state index in [0.717, 1.165) is 40.3 Å². The molecule has 2 aliphatic heterocycles. The van der Waals surface area contributed by atoms with Crippen LogP contribution in [0.5, 0.6) is 0 Å². The fourth-order valence-corrected chi connectivity index (χ4v) is 10.1. The molecule has 3 amide bonds. The zero-order valence-corrected chi connectivity index (χ0v) is 31.0. The van der Waals surface area contributed by atoms with Crippen LogP contribution in [0.25, 0.3) is 21.9 Å². The first-order chi connectivity index (χ1) is 23.9. The van der Waals surface area contributed by atoms with Crippen molar-refractivity contribution in [2.24, 2.45) is 5.92 Å². The summed E-state index contributed by atoms with van der Waals surface area (Å²) < 4.78 is 29.0. The molecule has 2 saturated heterocycles. The molecule has 15 heteroatoms. The van der Waals surface area contributed by atoms with Crippen LogP contribution in [0.15, 0.2) is 53.5 Å². The third kappa shape index (κ3) is 8.05. The molecule has 50 heavy (non-hydrogen) atoms. The van der Waals surface area contributed by atoms with Gasteiger partial charge in [0.15, 0.2) is 0 Å². The molecule has 1 unspecified atom stereocenters. The van der Waals surface area contributed by atoms with Crippen molar-refractivity contribution in [1.29, 1.82) is 0 Å². The predicted molar refractivity (Wildman–Crippen MR) is 199 cm³/mol. The lowest BCUT2D eigenvalue weighted by atomic mass is 10.0. The SMILES string of the molecule is CC(C)CN1CCN(C(=O)C(Cc2ccc3c(cnn3S(=O)(=O)CC[S+](C)C)c2)NC(=O)N2CCC(n3c(=O)[nH]c4ccccc43)CC2)CC1. The highest BCUT2D eigenvalue weighted by atomic mass is 32.2. The standard InChI is InChI=1S/C35H48N8O5S2/c1-25(2)24-39-15-17-40(18-16-39)33(44)30(22-26-9-10-31-27(21-26)23-36-43(31)50(47,48)20-19-49(3)4)38-34(45)41-13-11-28(12-14-41)42-32-8-6-5-7-29(32)37-35(42)46/h5-10,21,23,25,28,30H,11-20,22,24H2,1-4H3,(H-,37,38,45,46)/p+1. The Labute approximate surface area is 296 Å². The lowest BCUT2D eigenvalue weighted by Crippen LogP contribution is -2.57. The average molecular weight is 726 g/mol. The first-order valence-corrected chi connectivity index (χ1v) is 21.2.